The second-order valence-corrected chi connectivity index (χ2v) is 4.14. The Labute approximate surface area is 111 Å². The van der Waals surface area contributed by atoms with Crippen LogP contribution in [0.25, 0.3) is 0 Å². The van der Waals surface area contributed by atoms with Gasteiger partial charge in [-0.15, -0.1) is 0 Å². The van der Waals surface area contributed by atoms with E-state index < -0.39 is 0 Å². The Bertz CT molecular complexity index is 592. The summed E-state index contributed by atoms with van der Waals surface area (Å²) in [4.78, 5) is 16.0. The molecule has 6 nitrogen and oxygen atoms in total. The predicted octanol–water partition coefficient (Wildman–Crippen LogP) is 1.06. The first kappa shape index (κ1) is 13.1. The fourth-order valence-electron chi connectivity index (χ4n) is 1.65. The van der Waals surface area contributed by atoms with Gasteiger partial charge in [0.05, 0.1) is 13.3 Å². The lowest BCUT2D eigenvalue weighted by atomic mass is 10.2. The number of aromatic nitrogens is 3. The normalized spacial score (nSPS) is 10.3. The molecule has 1 N–H and O–H groups in total. The van der Waals surface area contributed by atoms with Crippen molar-refractivity contribution >= 4 is 5.91 Å². The topological polar surface area (TPSA) is 69.0 Å². The summed E-state index contributed by atoms with van der Waals surface area (Å²) in [6, 6.07) is 3.30. The van der Waals surface area contributed by atoms with Gasteiger partial charge < -0.3 is 10.1 Å². The number of pyridine rings is 1. The summed E-state index contributed by atoms with van der Waals surface area (Å²) in [5.41, 5.74) is 2.35. The summed E-state index contributed by atoms with van der Waals surface area (Å²) in [5.74, 6) is 0.375. The molecule has 100 valence electrons. The molecule has 0 bridgehead atoms. The van der Waals surface area contributed by atoms with E-state index in [9.17, 15) is 4.79 Å². The summed E-state index contributed by atoms with van der Waals surface area (Å²) in [6.45, 7) is 2.38. The molecule has 1 amide bonds. The third-order valence-corrected chi connectivity index (χ3v) is 2.98. The first-order valence-electron chi connectivity index (χ1n) is 5.87. The smallest absolute Gasteiger partial charge is 0.270 e. The van der Waals surface area contributed by atoms with Crippen LogP contribution in [0, 0.1) is 6.92 Å². The largest absolute Gasteiger partial charge is 0.497 e. The van der Waals surface area contributed by atoms with Crippen LogP contribution >= 0.6 is 0 Å². The van der Waals surface area contributed by atoms with Gasteiger partial charge in [0, 0.05) is 37.1 Å². The number of aryl methyl sites for hydroxylation is 1. The molecule has 0 saturated heterocycles. The van der Waals surface area contributed by atoms with Gasteiger partial charge in [0.1, 0.15) is 11.4 Å². The van der Waals surface area contributed by atoms with Gasteiger partial charge in [0.25, 0.3) is 5.91 Å². The van der Waals surface area contributed by atoms with Gasteiger partial charge >= 0.3 is 0 Å². The van der Waals surface area contributed by atoms with Gasteiger partial charge in [-0.05, 0) is 13.0 Å². The average molecular weight is 260 g/mol. The van der Waals surface area contributed by atoms with Gasteiger partial charge in [0.15, 0.2) is 0 Å². The third kappa shape index (κ3) is 2.90. The molecule has 0 aliphatic heterocycles. The molecular weight excluding hydrogens is 244 g/mol. The van der Waals surface area contributed by atoms with Crippen molar-refractivity contribution in [3.8, 4) is 5.75 Å². The molecule has 0 aliphatic rings. The Balaban J connectivity index is 2.03. The van der Waals surface area contributed by atoms with Crippen LogP contribution in [-0.2, 0) is 13.6 Å². The van der Waals surface area contributed by atoms with Gasteiger partial charge in [0.2, 0.25) is 0 Å². The van der Waals surface area contributed by atoms with Gasteiger partial charge in [-0.1, -0.05) is 0 Å². The lowest BCUT2D eigenvalue weighted by Gasteiger charge is -2.05. The minimum Gasteiger partial charge on any atom is -0.497 e. The summed E-state index contributed by atoms with van der Waals surface area (Å²) in [7, 11) is 3.42. The van der Waals surface area contributed by atoms with Crippen LogP contribution in [0.2, 0.25) is 0 Å². The Kier molecular flexibility index (Phi) is 3.79. The Morgan fingerprint density at radius 1 is 1.53 bits per heavy atom. The van der Waals surface area contributed by atoms with Crippen molar-refractivity contribution in [2.75, 3.05) is 7.11 Å². The molecular formula is C13H16N4O2. The van der Waals surface area contributed by atoms with Crippen molar-refractivity contribution in [1.29, 1.82) is 0 Å². The number of amides is 1. The van der Waals surface area contributed by atoms with Crippen molar-refractivity contribution in [3.05, 3.63) is 41.5 Å². The van der Waals surface area contributed by atoms with Gasteiger partial charge in [-0.3, -0.25) is 14.5 Å². The van der Waals surface area contributed by atoms with E-state index >= 15 is 0 Å². The fraction of sp³-hybridized carbons (Fsp3) is 0.308. The van der Waals surface area contributed by atoms with E-state index in [2.05, 4.69) is 15.4 Å². The number of hydrogen-bond acceptors (Lipinski definition) is 4. The molecule has 2 aromatic rings. The fourth-order valence-corrected chi connectivity index (χ4v) is 1.65. The first-order chi connectivity index (χ1) is 9.11. The molecule has 19 heavy (non-hydrogen) atoms. The molecule has 2 aromatic heterocycles. The van der Waals surface area contributed by atoms with Crippen LogP contribution in [0.4, 0.5) is 0 Å². The van der Waals surface area contributed by atoms with E-state index in [-0.39, 0.29) is 5.91 Å². The second kappa shape index (κ2) is 5.51. The summed E-state index contributed by atoms with van der Waals surface area (Å²) >= 11 is 0. The van der Waals surface area contributed by atoms with Crippen LogP contribution in [0.5, 0.6) is 5.75 Å². The number of carbonyl (C=O) groups is 1. The highest BCUT2D eigenvalue weighted by Gasteiger charge is 2.10. The van der Waals surface area contributed by atoms with E-state index in [1.807, 2.05) is 14.0 Å². The molecule has 0 fully saturated rings. The Morgan fingerprint density at radius 3 is 2.95 bits per heavy atom. The van der Waals surface area contributed by atoms with E-state index in [0.29, 0.717) is 18.0 Å². The maximum absolute atomic E-state index is 11.9. The van der Waals surface area contributed by atoms with E-state index in [4.69, 9.17) is 4.74 Å². The summed E-state index contributed by atoms with van der Waals surface area (Å²) in [5, 5.41) is 6.93. The molecule has 2 rings (SSSR count). The van der Waals surface area contributed by atoms with Crippen molar-refractivity contribution in [2.45, 2.75) is 13.5 Å². The average Bonchev–Trinajstić information content (AvgIpc) is 2.76. The third-order valence-electron chi connectivity index (χ3n) is 2.98. The van der Waals surface area contributed by atoms with E-state index in [1.165, 1.54) is 0 Å². The molecule has 2 heterocycles. The molecule has 0 aliphatic carbocycles. The van der Waals surface area contributed by atoms with Gasteiger partial charge in [-0.2, -0.15) is 5.10 Å². The zero-order valence-electron chi connectivity index (χ0n) is 11.2. The number of nitrogens with one attached hydrogen (secondary N) is 1. The number of carbonyl (C=O) groups excluding carboxylic acids is 1. The quantitative estimate of drug-likeness (QED) is 0.892. The van der Waals surface area contributed by atoms with Crippen molar-refractivity contribution in [1.82, 2.24) is 20.1 Å². The van der Waals surface area contributed by atoms with Crippen LogP contribution < -0.4 is 10.1 Å². The first-order valence-corrected chi connectivity index (χ1v) is 5.87. The summed E-state index contributed by atoms with van der Waals surface area (Å²) in [6.07, 6.45) is 3.29. The lowest BCUT2D eigenvalue weighted by Crippen LogP contribution is -2.24. The van der Waals surface area contributed by atoms with Crippen LogP contribution in [0.15, 0.2) is 24.5 Å². The second-order valence-electron chi connectivity index (χ2n) is 4.14. The molecule has 0 unspecified atom stereocenters. The molecule has 6 heteroatoms. The number of nitrogens with zero attached hydrogens (tertiary/aromatic N) is 3. The molecule has 0 saturated carbocycles. The zero-order chi connectivity index (χ0) is 13.8. The van der Waals surface area contributed by atoms with E-state index in [1.54, 1.807) is 36.3 Å². The predicted molar refractivity (Wildman–Crippen MR) is 69.9 cm³/mol. The zero-order valence-corrected chi connectivity index (χ0v) is 11.2. The number of hydrogen-bond donors (Lipinski definition) is 1. The van der Waals surface area contributed by atoms with Crippen LogP contribution in [0.1, 0.15) is 21.7 Å². The number of ether oxygens (including phenoxy) is 1. The monoisotopic (exact) mass is 260 g/mol. The maximum atomic E-state index is 11.9. The molecule has 0 atom stereocenters. The van der Waals surface area contributed by atoms with Crippen LogP contribution in [0.3, 0.4) is 0 Å². The van der Waals surface area contributed by atoms with E-state index in [0.717, 1.165) is 11.3 Å². The van der Waals surface area contributed by atoms with Crippen molar-refractivity contribution in [2.24, 2.45) is 7.05 Å². The number of methoxy groups -OCH3 is 1. The van der Waals surface area contributed by atoms with Crippen molar-refractivity contribution < 1.29 is 9.53 Å². The highest BCUT2D eigenvalue weighted by atomic mass is 16.5. The van der Waals surface area contributed by atoms with Crippen molar-refractivity contribution in [3.63, 3.8) is 0 Å². The molecule has 0 radical (unpaired) electrons. The molecule has 0 aromatic carbocycles. The summed E-state index contributed by atoms with van der Waals surface area (Å²) < 4.78 is 6.83. The minimum atomic E-state index is -0.234. The lowest BCUT2D eigenvalue weighted by molar-refractivity contribution is 0.0945. The number of rotatable bonds is 4. The standard InChI is InChI=1S/C13H16N4O2/c1-9-10(8-16-17(9)2)7-15-13(18)12-6-11(19-3)4-5-14-12/h4-6,8H,7H2,1-3H3,(H,15,18). The Morgan fingerprint density at radius 2 is 2.32 bits per heavy atom. The maximum Gasteiger partial charge on any atom is 0.270 e. The SMILES string of the molecule is COc1ccnc(C(=O)NCc2cnn(C)c2C)c1. The minimum absolute atomic E-state index is 0.234. The van der Waals surface area contributed by atoms with Crippen LogP contribution in [-0.4, -0.2) is 27.8 Å². The highest BCUT2D eigenvalue weighted by molar-refractivity contribution is 5.92. The molecule has 0 spiro atoms. The Hall–Kier alpha value is -2.37. The highest BCUT2D eigenvalue weighted by Crippen LogP contribution is 2.10. The van der Waals surface area contributed by atoms with Gasteiger partial charge in [-0.25, -0.2) is 0 Å².